The third kappa shape index (κ3) is 5.10. The van der Waals surface area contributed by atoms with Crippen molar-refractivity contribution in [2.45, 2.75) is 51.2 Å². The quantitative estimate of drug-likeness (QED) is 0.752. The maximum absolute atomic E-state index is 12.8. The van der Waals surface area contributed by atoms with Gasteiger partial charge in [-0.3, -0.25) is 4.79 Å². The number of carbonyl (C=O) groups is 1. The minimum atomic E-state index is -3.11. The Morgan fingerprint density at radius 2 is 1.78 bits per heavy atom. The molecule has 2 saturated heterocycles. The molecule has 0 aromatic rings. The minimum Gasteiger partial charge on any atom is -0.341 e. The van der Waals surface area contributed by atoms with Crippen LogP contribution < -0.4 is 0 Å². The monoisotopic (exact) mass is 362 g/mol. The third-order valence-electron chi connectivity index (χ3n) is 4.90. The van der Waals surface area contributed by atoms with Gasteiger partial charge in [-0.25, -0.2) is 12.7 Å². The van der Waals surface area contributed by atoms with Gasteiger partial charge in [0, 0.05) is 37.3 Å². The molecule has 7 heteroatoms. The number of nitrogens with zero attached hydrogens (tertiary/aromatic N) is 2. The largest absolute Gasteiger partial charge is 0.341 e. The number of amides is 1. The van der Waals surface area contributed by atoms with E-state index in [4.69, 9.17) is 0 Å². The molecule has 0 bridgehead atoms. The number of hydrogen-bond acceptors (Lipinski definition) is 4. The van der Waals surface area contributed by atoms with Gasteiger partial charge >= 0.3 is 0 Å². The van der Waals surface area contributed by atoms with Crippen LogP contribution in [0.15, 0.2) is 0 Å². The summed E-state index contributed by atoms with van der Waals surface area (Å²) in [6.45, 7) is 6.57. The molecule has 2 fully saturated rings. The molecule has 0 spiro atoms. The van der Waals surface area contributed by atoms with Gasteiger partial charge in [0.05, 0.1) is 5.75 Å². The molecule has 1 atom stereocenters. The van der Waals surface area contributed by atoms with Crippen molar-refractivity contribution in [2.75, 3.05) is 37.7 Å². The summed E-state index contributed by atoms with van der Waals surface area (Å²) in [5.74, 6) is 1.50. The fourth-order valence-electron chi connectivity index (χ4n) is 3.50. The van der Waals surface area contributed by atoms with Gasteiger partial charge < -0.3 is 4.90 Å². The summed E-state index contributed by atoms with van der Waals surface area (Å²) in [5, 5.41) is 0.562. The van der Waals surface area contributed by atoms with Gasteiger partial charge in [0.2, 0.25) is 15.9 Å². The van der Waals surface area contributed by atoms with E-state index in [0.29, 0.717) is 31.2 Å². The molecule has 0 aliphatic carbocycles. The van der Waals surface area contributed by atoms with E-state index in [-0.39, 0.29) is 17.6 Å². The van der Waals surface area contributed by atoms with Gasteiger partial charge in [-0.05, 0) is 38.4 Å². The number of hydrogen-bond donors (Lipinski definition) is 0. The SMILES string of the molecule is CCSC1CCCCN(C(=O)C2CCN(S(=O)(=O)CC)CC2)C1. The van der Waals surface area contributed by atoms with Crippen LogP contribution in [0.2, 0.25) is 0 Å². The second-order valence-electron chi connectivity index (χ2n) is 6.43. The number of likely N-dealkylation sites (tertiary alicyclic amines) is 1. The zero-order valence-electron chi connectivity index (χ0n) is 14.4. The normalized spacial score (nSPS) is 25.3. The van der Waals surface area contributed by atoms with Crippen LogP contribution in [0, 0.1) is 5.92 Å². The van der Waals surface area contributed by atoms with Crippen molar-refractivity contribution in [1.82, 2.24) is 9.21 Å². The molecule has 0 N–H and O–H groups in total. The van der Waals surface area contributed by atoms with Crippen LogP contribution in [0.1, 0.15) is 46.0 Å². The molecule has 0 aromatic heterocycles. The lowest BCUT2D eigenvalue weighted by Gasteiger charge is -2.34. The van der Waals surface area contributed by atoms with Crippen LogP contribution in [0.5, 0.6) is 0 Å². The van der Waals surface area contributed by atoms with E-state index >= 15 is 0 Å². The maximum atomic E-state index is 12.8. The van der Waals surface area contributed by atoms with Crippen molar-refractivity contribution >= 4 is 27.7 Å². The van der Waals surface area contributed by atoms with E-state index in [2.05, 4.69) is 11.8 Å². The van der Waals surface area contributed by atoms with E-state index in [1.807, 2.05) is 11.8 Å². The summed E-state index contributed by atoms with van der Waals surface area (Å²) in [7, 11) is -3.11. The molecular formula is C16H30N2O3S2. The van der Waals surface area contributed by atoms with Crippen molar-refractivity contribution in [3.63, 3.8) is 0 Å². The van der Waals surface area contributed by atoms with E-state index in [0.717, 1.165) is 25.3 Å². The van der Waals surface area contributed by atoms with Gasteiger partial charge in [-0.2, -0.15) is 11.8 Å². The van der Waals surface area contributed by atoms with E-state index in [9.17, 15) is 13.2 Å². The Morgan fingerprint density at radius 3 is 2.39 bits per heavy atom. The molecule has 2 aliphatic heterocycles. The van der Waals surface area contributed by atoms with Crippen molar-refractivity contribution in [1.29, 1.82) is 0 Å². The van der Waals surface area contributed by atoms with Crippen molar-refractivity contribution in [3.05, 3.63) is 0 Å². The average molecular weight is 363 g/mol. The molecule has 1 amide bonds. The summed E-state index contributed by atoms with van der Waals surface area (Å²) in [5.41, 5.74) is 0. The molecule has 2 heterocycles. The lowest BCUT2D eigenvalue weighted by Crippen LogP contribution is -2.46. The van der Waals surface area contributed by atoms with Gasteiger partial charge in [0.25, 0.3) is 0 Å². The average Bonchev–Trinajstić information content (AvgIpc) is 2.80. The Kier molecular flexibility index (Phi) is 7.22. The molecule has 23 heavy (non-hydrogen) atoms. The van der Waals surface area contributed by atoms with Crippen molar-refractivity contribution in [2.24, 2.45) is 5.92 Å². The molecular weight excluding hydrogens is 332 g/mol. The van der Waals surface area contributed by atoms with Crippen LogP contribution in [0.3, 0.4) is 0 Å². The minimum absolute atomic E-state index is 0.00341. The number of piperidine rings is 1. The number of sulfonamides is 1. The topological polar surface area (TPSA) is 57.7 Å². The fraction of sp³-hybridized carbons (Fsp3) is 0.938. The van der Waals surface area contributed by atoms with Crippen LogP contribution in [0.25, 0.3) is 0 Å². The maximum Gasteiger partial charge on any atom is 0.225 e. The molecule has 0 radical (unpaired) electrons. The molecule has 2 aliphatic rings. The predicted molar refractivity (Wildman–Crippen MR) is 96.1 cm³/mol. The molecule has 5 nitrogen and oxygen atoms in total. The van der Waals surface area contributed by atoms with Crippen molar-refractivity contribution < 1.29 is 13.2 Å². The lowest BCUT2D eigenvalue weighted by molar-refractivity contribution is -0.136. The van der Waals surface area contributed by atoms with Crippen LogP contribution >= 0.6 is 11.8 Å². The second kappa shape index (κ2) is 8.72. The zero-order chi connectivity index (χ0) is 16.9. The second-order valence-corrected chi connectivity index (χ2v) is 10.3. The highest BCUT2D eigenvalue weighted by molar-refractivity contribution is 7.99. The van der Waals surface area contributed by atoms with E-state index in [1.54, 1.807) is 11.2 Å². The number of carbonyl (C=O) groups excluding carboxylic acids is 1. The lowest BCUT2D eigenvalue weighted by atomic mass is 9.96. The summed E-state index contributed by atoms with van der Waals surface area (Å²) >= 11 is 1.96. The van der Waals surface area contributed by atoms with E-state index in [1.165, 1.54) is 12.8 Å². The smallest absolute Gasteiger partial charge is 0.225 e. The first-order valence-corrected chi connectivity index (χ1v) is 11.5. The van der Waals surface area contributed by atoms with E-state index < -0.39 is 10.0 Å². The molecule has 0 saturated carbocycles. The Morgan fingerprint density at radius 1 is 1.09 bits per heavy atom. The molecule has 1 unspecified atom stereocenters. The Balaban J connectivity index is 1.91. The summed E-state index contributed by atoms with van der Waals surface area (Å²) in [4.78, 5) is 14.9. The summed E-state index contributed by atoms with van der Waals surface area (Å²) < 4.78 is 25.4. The first kappa shape index (κ1) is 19.1. The number of thioether (sulfide) groups is 1. The van der Waals surface area contributed by atoms with Gasteiger partial charge in [-0.15, -0.1) is 0 Å². The molecule has 2 rings (SSSR count). The zero-order valence-corrected chi connectivity index (χ0v) is 16.0. The highest BCUT2D eigenvalue weighted by Crippen LogP contribution is 2.26. The Bertz CT molecular complexity index is 488. The highest BCUT2D eigenvalue weighted by Gasteiger charge is 2.33. The Hall–Kier alpha value is -0.270. The predicted octanol–water partition coefficient (Wildman–Crippen LogP) is 2.18. The third-order valence-corrected chi connectivity index (χ3v) is 7.97. The highest BCUT2D eigenvalue weighted by atomic mass is 32.2. The molecule has 0 aromatic carbocycles. The number of rotatable bonds is 5. The first-order chi connectivity index (χ1) is 11.0. The van der Waals surface area contributed by atoms with Gasteiger partial charge in [0.1, 0.15) is 0 Å². The molecule has 134 valence electrons. The summed E-state index contributed by atoms with van der Waals surface area (Å²) in [6, 6.07) is 0. The van der Waals surface area contributed by atoms with Gasteiger partial charge in [0.15, 0.2) is 0 Å². The first-order valence-electron chi connectivity index (χ1n) is 8.86. The Labute approximate surface area is 145 Å². The van der Waals surface area contributed by atoms with Crippen LogP contribution in [0.4, 0.5) is 0 Å². The van der Waals surface area contributed by atoms with Gasteiger partial charge in [-0.1, -0.05) is 13.3 Å². The fourth-order valence-corrected chi connectivity index (χ4v) is 5.72. The standard InChI is InChI=1S/C16H30N2O3S2/c1-3-22-15-7-5-6-10-17(13-15)16(19)14-8-11-18(12-9-14)23(20,21)4-2/h14-15H,3-13H2,1-2H3. The summed E-state index contributed by atoms with van der Waals surface area (Å²) in [6.07, 6.45) is 4.83. The van der Waals surface area contributed by atoms with Crippen LogP contribution in [-0.4, -0.2) is 66.5 Å². The van der Waals surface area contributed by atoms with Crippen LogP contribution in [-0.2, 0) is 14.8 Å². The van der Waals surface area contributed by atoms with Crippen molar-refractivity contribution in [3.8, 4) is 0 Å².